The van der Waals surface area contributed by atoms with Crippen LogP contribution in [0.5, 0.6) is 0 Å². The highest BCUT2D eigenvalue weighted by Crippen LogP contribution is 2.12. The Balaban J connectivity index is 4.24. The van der Waals surface area contributed by atoms with Crippen LogP contribution in [0.1, 0.15) is 19.8 Å². The highest BCUT2D eigenvalue weighted by atomic mass is 16.4. The van der Waals surface area contributed by atoms with E-state index in [1.807, 2.05) is 21.1 Å². The van der Waals surface area contributed by atoms with Crippen molar-refractivity contribution in [1.82, 2.24) is 0 Å². The molecule has 0 unspecified atom stereocenters. The largest absolute Gasteiger partial charge is 0.550 e. The number of nitrogens with zero attached hydrogens (tertiary/aromatic N) is 1. The summed E-state index contributed by atoms with van der Waals surface area (Å²) in [7, 11) is 5.92. The van der Waals surface area contributed by atoms with E-state index in [1.165, 1.54) is 6.92 Å². The molecule has 0 aliphatic heterocycles. The van der Waals surface area contributed by atoms with Gasteiger partial charge in [-0.15, -0.1) is 0 Å². The van der Waals surface area contributed by atoms with Gasteiger partial charge in [0.1, 0.15) is 5.78 Å². The summed E-state index contributed by atoms with van der Waals surface area (Å²) >= 11 is 0. The summed E-state index contributed by atoms with van der Waals surface area (Å²) in [5.74, 6) is -1.16. The lowest BCUT2D eigenvalue weighted by molar-refractivity contribution is -0.873. The molecule has 4 nitrogen and oxygen atoms in total. The molecule has 0 N–H and O–H groups in total. The smallest absolute Gasteiger partial charge is 0.130 e. The Morgan fingerprint density at radius 2 is 1.71 bits per heavy atom. The van der Waals surface area contributed by atoms with Crippen LogP contribution in [-0.4, -0.2) is 43.9 Å². The first-order chi connectivity index (χ1) is 6.20. The van der Waals surface area contributed by atoms with Crippen molar-refractivity contribution in [3.63, 3.8) is 0 Å². The quantitative estimate of drug-likeness (QED) is 0.541. The number of aliphatic carboxylic acids is 1. The molecular weight excluding hydrogens is 182 g/mol. The number of quaternary nitrogens is 1. The van der Waals surface area contributed by atoms with Crippen LogP contribution in [0.4, 0.5) is 0 Å². The molecule has 14 heavy (non-hydrogen) atoms. The summed E-state index contributed by atoms with van der Waals surface area (Å²) < 4.78 is 0.658. The van der Waals surface area contributed by atoms with E-state index < -0.39 is 5.97 Å². The van der Waals surface area contributed by atoms with Crippen LogP contribution >= 0.6 is 0 Å². The van der Waals surface area contributed by atoms with Crippen molar-refractivity contribution in [2.75, 3.05) is 27.7 Å². The average Bonchev–Trinajstić information content (AvgIpc) is 1.77. The molecule has 0 amide bonds. The van der Waals surface area contributed by atoms with Crippen LogP contribution in [0.2, 0.25) is 0 Å². The maximum absolute atomic E-state index is 10.9. The molecule has 0 saturated carbocycles. The first-order valence-electron chi connectivity index (χ1n) is 4.70. The van der Waals surface area contributed by atoms with Crippen molar-refractivity contribution in [3.05, 3.63) is 0 Å². The predicted molar refractivity (Wildman–Crippen MR) is 51.3 cm³/mol. The van der Waals surface area contributed by atoms with Gasteiger partial charge in [0, 0.05) is 18.3 Å². The topological polar surface area (TPSA) is 57.2 Å². The number of rotatable bonds is 6. The first-order valence-corrected chi connectivity index (χ1v) is 4.70. The van der Waals surface area contributed by atoms with Gasteiger partial charge in [-0.25, -0.2) is 0 Å². The van der Waals surface area contributed by atoms with Crippen LogP contribution < -0.4 is 5.11 Å². The van der Waals surface area contributed by atoms with Gasteiger partial charge in [-0.1, -0.05) is 0 Å². The van der Waals surface area contributed by atoms with Crippen LogP contribution in [-0.2, 0) is 9.59 Å². The fourth-order valence-electron chi connectivity index (χ4n) is 1.62. The minimum atomic E-state index is -1.08. The van der Waals surface area contributed by atoms with Crippen LogP contribution in [0.15, 0.2) is 0 Å². The molecule has 0 aliphatic rings. The Bertz CT molecular complexity index is 202. The SMILES string of the molecule is CC(=O)C[C@H](CC(=O)[O-])C[N+](C)(C)C. The molecule has 4 heteroatoms. The number of ketones is 1. The second kappa shape index (κ2) is 5.10. The van der Waals surface area contributed by atoms with E-state index in [9.17, 15) is 14.7 Å². The van der Waals surface area contributed by atoms with E-state index in [2.05, 4.69) is 0 Å². The third kappa shape index (κ3) is 7.73. The third-order valence-electron chi connectivity index (χ3n) is 1.84. The molecule has 0 aromatic rings. The number of carboxylic acids is 1. The van der Waals surface area contributed by atoms with Gasteiger partial charge in [0.25, 0.3) is 0 Å². The summed E-state index contributed by atoms with van der Waals surface area (Å²) in [5.41, 5.74) is 0. The summed E-state index contributed by atoms with van der Waals surface area (Å²) in [5, 5.41) is 10.4. The Kier molecular flexibility index (Phi) is 4.77. The number of carbonyl (C=O) groups excluding carboxylic acids is 2. The highest BCUT2D eigenvalue weighted by molar-refractivity contribution is 5.76. The molecule has 0 bridgehead atoms. The molecule has 0 aliphatic carbocycles. The van der Waals surface area contributed by atoms with Gasteiger partial charge >= 0.3 is 0 Å². The normalized spacial score (nSPS) is 13.7. The van der Waals surface area contributed by atoms with Crippen molar-refractivity contribution in [3.8, 4) is 0 Å². The Labute approximate surface area is 85.1 Å². The number of carbonyl (C=O) groups is 2. The zero-order chi connectivity index (χ0) is 11.4. The lowest BCUT2D eigenvalue weighted by atomic mass is 9.98. The maximum Gasteiger partial charge on any atom is 0.130 e. The molecule has 1 atom stereocenters. The second-order valence-electron chi connectivity index (χ2n) is 4.82. The lowest BCUT2D eigenvalue weighted by Gasteiger charge is -2.29. The zero-order valence-corrected chi connectivity index (χ0v) is 9.37. The summed E-state index contributed by atoms with van der Waals surface area (Å²) in [6.07, 6.45) is 0.290. The zero-order valence-electron chi connectivity index (χ0n) is 9.37. The first kappa shape index (κ1) is 13.1. The second-order valence-corrected chi connectivity index (χ2v) is 4.82. The number of carboxylic acid groups (broad SMARTS) is 1. The van der Waals surface area contributed by atoms with E-state index in [0.717, 1.165) is 0 Å². The van der Waals surface area contributed by atoms with E-state index in [-0.39, 0.29) is 18.1 Å². The minimum absolute atomic E-state index is 0.0321. The van der Waals surface area contributed by atoms with Gasteiger partial charge in [-0.05, 0) is 13.3 Å². The molecule has 0 aromatic heterocycles. The summed E-state index contributed by atoms with van der Waals surface area (Å²) in [4.78, 5) is 21.3. The Hall–Kier alpha value is -0.900. The minimum Gasteiger partial charge on any atom is -0.550 e. The van der Waals surface area contributed by atoms with Crippen molar-refractivity contribution < 1.29 is 19.2 Å². The van der Waals surface area contributed by atoms with Gasteiger partial charge in [-0.2, -0.15) is 0 Å². The average molecular weight is 201 g/mol. The highest BCUT2D eigenvalue weighted by Gasteiger charge is 2.19. The standard InChI is InChI=1S/C10H19NO3/c1-8(12)5-9(6-10(13)14)7-11(2,3)4/h9H,5-7H2,1-4H3/t9-/m1/s1. The summed E-state index contributed by atoms with van der Waals surface area (Å²) in [6, 6.07) is 0. The fraction of sp³-hybridized carbons (Fsp3) is 0.800. The van der Waals surface area contributed by atoms with Crippen LogP contribution in [0, 0.1) is 5.92 Å². The number of Topliss-reactive ketones (excluding diaryl/α,β-unsaturated/α-hetero) is 1. The third-order valence-corrected chi connectivity index (χ3v) is 1.84. The van der Waals surface area contributed by atoms with Gasteiger partial charge in [0.05, 0.1) is 27.7 Å². The molecule has 0 fully saturated rings. The maximum atomic E-state index is 10.9. The lowest BCUT2D eigenvalue weighted by Crippen LogP contribution is -2.41. The number of hydrogen-bond acceptors (Lipinski definition) is 3. The van der Waals surface area contributed by atoms with Crippen molar-refractivity contribution in [1.29, 1.82) is 0 Å². The van der Waals surface area contributed by atoms with E-state index in [4.69, 9.17) is 0 Å². The summed E-state index contributed by atoms with van der Waals surface area (Å²) in [6.45, 7) is 2.16. The predicted octanol–water partition coefficient (Wildman–Crippen LogP) is -0.572. The van der Waals surface area contributed by atoms with Gasteiger partial charge < -0.3 is 19.2 Å². The Morgan fingerprint density at radius 3 is 2.00 bits per heavy atom. The van der Waals surface area contributed by atoms with Crippen molar-refractivity contribution in [2.24, 2.45) is 5.92 Å². The fourth-order valence-corrected chi connectivity index (χ4v) is 1.62. The molecule has 0 heterocycles. The molecule has 82 valence electrons. The van der Waals surface area contributed by atoms with Crippen LogP contribution in [0.3, 0.4) is 0 Å². The molecule has 0 spiro atoms. The van der Waals surface area contributed by atoms with Crippen molar-refractivity contribution >= 4 is 11.8 Å². The molecule has 0 aromatic carbocycles. The van der Waals surface area contributed by atoms with Crippen molar-refractivity contribution in [2.45, 2.75) is 19.8 Å². The Morgan fingerprint density at radius 1 is 1.21 bits per heavy atom. The van der Waals surface area contributed by atoms with Gasteiger partial charge in [0.2, 0.25) is 0 Å². The van der Waals surface area contributed by atoms with E-state index >= 15 is 0 Å². The molecule has 0 rings (SSSR count). The van der Waals surface area contributed by atoms with Gasteiger partial charge in [-0.3, -0.25) is 0 Å². The number of hydrogen-bond donors (Lipinski definition) is 0. The molecule has 0 radical (unpaired) electrons. The monoisotopic (exact) mass is 201 g/mol. The molecule has 0 saturated heterocycles. The molecular formula is C10H19NO3. The van der Waals surface area contributed by atoms with E-state index in [1.54, 1.807) is 0 Å². The van der Waals surface area contributed by atoms with Crippen LogP contribution in [0.25, 0.3) is 0 Å². The van der Waals surface area contributed by atoms with E-state index in [0.29, 0.717) is 17.4 Å². The van der Waals surface area contributed by atoms with Gasteiger partial charge in [0.15, 0.2) is 0 Å².